The van der Waals surface area contributed by atoms with Gasteiger partial charge in [-0.1, -0.05) is 0 Å². The van der Waals surface area contributed by atoms with Gasteiger partial charge in [0.15, 0.2) is 5.96 Å². The molecule has 9 heteroatoms. The summed E-state index contributed by atoms with van der Waals surface area (Å²) in [5.74, 6) is 3.53. The molecule has 0 radical (unpaired) electrons. The summed E-state index contributed by atoms with van der Waals surface area (Å²) >= 11 is 0. The molecule has 1 aromatic heterocycles. The second-order valence-corrected chi connectivity index (χ2v) is 7.60. The predicted molar refractivity (Wildman–Crippen MR) is 133 cm³/mol. The van der Waals surface area contributed by atoms with Crippen LogP contribution in [0.1, 0.15) is 25.0 Å². The Kier molecular flexibility index (Phi) is 8.16. The van der Waals surface area contributed by atoms with Gasteiger partial charge in [-0.25, -0.2) is 15.0 Å². The number of rotatable bonds is 5. The van der Waals surface area contributed by atoms with E-state index in [-0.39, 0.29) is 30.1 Å². The SMILES string of the molecule is CCNC(=NCc1cc2c(cc1OC)CC(C)O2)N1CCN(c2ncccn2)CC1.I. The summed E-state index contributed by atoms with van der Waals surface area (Å²) in [5, 5.41) is 3.43. The van der Waals surface area contributed by atoms with E-state index in [1.807, 2.05) is 6.07 Å². The fourth-order valence-electron chi connectivity index (χ4n) is 3.95. The van der Waals surface area contributed by atoms with E-state index in [0.717, 1.165) is 68.1 Å². The largest absolute Gasteiger partial charge is 0.496 e. The monoisotopic (exact) mass is 538 g/mol. The Balaban J connectivity index is 0.00000272. The first kappa shape index (κ1) is 23.4. The van der Waals surface area contributed by atoms with Crippen molar-refractivity contribution in [3.05, 3.63) is 41.7 Å². The Bertz CT molecular complexity index is 887. The standard InChI is InChI=1S/C22H30N6O2.HI/c1-4-23-21(27-8-10-28(11-9-27)22-24-6-5-7-25-22)26-15-18-14-20-17(12-16(2)30-20)13-19(18)29-3;/h5-7,13-14,16H,4,8-12,15H2,1-3H3,(H,23,26);1H. The molecule has 1 N–H and O–H groups in total. The first-order valence-corrected chi connectivity index (χ1v) is 10.6. The number of hydrogen-bond acceptors (Lipinski definition) is 6. The maximum absolute atomic E-state index is 5.92. The number of aliphatic imine (C=N–C) groups is 1. The molecule has 1 unspecified atom stereocenters. The third kappa shape index (κ3) is 5.50. The summed E-state index contributed by atoms with van der Waals surface area (Å²) in [6.07, 6.45) is 4.71. The molecule has 0 saturated carbocycles. The van der Waals surface area contributed by atoms with Gasteiger partial charge in [-0.05, 0) is 32.0 Å². The van der Waals surface area contributed by atoms with Crippen molar-refractivity contribution in [2.75, 3.05) is 44.7 Å². The fraction of sp³-hybridized carbons (Fsp3) is 0.500. The van der Waals surface area contributed by atoms with Crippen LogP contribution in [0.2, 0.25) is 0 Å². The average molecular weight is 538 g/mol. The van der Waals surface area contributed by atoms with E-state index >= 15 is 0 Å². The molecule has 1 atom stereocenters. The zero-order chi connectivity index (χ0) is 20.9. The Morgan fingerprint density at radius 3 is 2.65 bits per heavy atom. The van der Waals surface area contributed by atoms with Crippen molar-refractivity contribution < 1.29 is 9.47 Å². The second-order valence-electron chi connectivity index (χ2n) is 7.60. The number of ether oxygens (including phenoxy) is 2. The summed E-state index contributed by atoms with van der Waals surface area (Å²) in [5.41, 5.74) is 2.25. The third-order valence-corrected chi connectivity index (χ3v) is 5.45. The molecule has 0 bridgehead atoms. The number of methoxy groups -OCH3 is 1. The number of anilines is 1. The highest BCUT2D eigenvalue weighted by Gasteiger charge is 2.23. The molecule has 4 rings (SSSR count). The Morgan fingerprint density at radius 2 is 1.97 bits per heavy atom. The summed E-state index contributed by atoms with van der Waals surface area (Å²) < 4.78 is 11.6. The second kappa shape index (κ2) is 10.8. The highest BCUT2D eigenvalue weighted by Crippen LogP contribution is 2.35. The van der Waals surface area contributed by atoms with Crippen LogP contribution in [0.3, 0.4) is 0 Å². The molecule has 2 aliphatic rings. The Hall–Kier alpha value is -2.30. The van der Waals surface area contributed by atoms with E-state index in [0.29, 0.717) is 6.54 Å². The molecule has 8 nitrogen and oxygen atoms in total. The van der Waals surface area contributed by atoms with Gasteiger partial charge < -0.3 is 24.6 Å². The van der Waals surface area contributed by atoms with Gasteiger partial charge in [0, 0.05) is 62.7 Å². The Labute approximate surface area is 201 Å². The minimum absolute atomic E-state index is 0. The molecule has 0 aliphatic carbocycles. The van der Waals surface area contributed by atoms with Crippen molar-refractivity contribution in [3.8, 4) is 11.5 Å². The van der Waals surface area contributed by atoms with Crippen LogP contribution in [-0.2, 0) is 13.0 Å². The average Bonchev–Trinajstić information content (AvgIpc) is 3.15. The quantitative estimate of drug-likeness (QED) is 0.357. The van der Waals surface area contributed by atoms with E-state index in [9.17, 15) is 0 Å². The molecule has 1 saturated heterocycles. The molecule has 168 valence electrons. The van der Waals surface area contributed by atoms with Crippen molar-refractivity contribution in [2.24, 2.45) is 4.99 Å². The van der Waals surface area contributed by atoms with Gasteiger partial charge in [0.05, 0.1) is 13.7 Å². The lowest BCUT2D eigenvalue weighted by Gasteiger charge is -2.36. The molecule has 31 heavy (non-hydrogen) atoms. The smallest absolute Gasteiger partial charge is 0.225 e. The molecule has 2 aromatic rings. The van der Waals surface area contributed by atoms with E-state index in [4.69, 9.17) is 14.5 Å². The van der Waals surface area contributed by atoms with Crippen LogP contribution in [-0.4, -0.2) is 66.8 Å². The number of hydrogen-bond donors (Lipinski definition) is 1. The highest BCUT2D eigenvalue weighted by molar-refractivity contribution is 14.0. The number of benzene rings is 1. The number of piperazine rings is 1. The number of nitrogens with zero attached hydrogens (tertiary/aromatic N) is 5. The van der Waals surface area contributed by atoms with Crippen molar-refractivity contribution >= 4 is 35.9 Å². The van der Waals surface area contributed by atoms with Gasteiger partial charge in [0.2, 0.25) is 5.95 Å². The zero-order valence-electron chi connectivity index (χ0n) is 18.4. The number of nitrogens with one attached hydrogen (secondary N) is 1. The molecule has 0 amide bonds. The number of halogens is 1. The Morgan fingerprint density at radius 1 is 1.23 bits per heavy atom. The maximum atomic E-state index is 5.92. The minimum Gasteiger partial charge on any atom is -0.496 e. The van der Waals surface area contributed by atoms with Gasteiger partial charge in [-0.2, -0.15) is 0 Å². The van der Waals surface area contributed by atoms with Gasteiger partial charge in [0.25, 0.3) is 0 Å². The molecule has 0 spiro atoms. The number of fused-ring (bicyclic) bond motifs is 1. The van der Waals surface area contributed by atoms with Gasteiger partial charge in [-0.3, -0.25) is 0 Å². The van der Waals surface area contributed by atoms with Crippen molar-refractivity contribution in [3.63, 3.8) is 0 Å². The van der Waals surface area contributed by atoms with Crippen LogP contribution in [0.25, 0.3) is 0 Å². The van der Waals surface area contributed by atoms with Crippen molar-refractivity contribution in [2.45, 2.75) is 32.9 Å². The van der Waals surface area contributed by atoms with Crippen molar-refractivity contribution in [1.82, 2.24) is 20.2 Å². The lowest BCUT2D eigenvalue weighted by Crippen LogP contribution is -2.52. The van der Waals surface area contributed by atoms with E-state index < -0.39 is 0 Å². The minimum atomic E-state index is 0. The van der Waals surface area contributed by atoms with Crippen LogP contribution in [0.5, 0.6) is 11.5 Å². The number of aromatic nitrogens is 2. The van der Waals surface area contributed by atoms with Gasteiger partial charge >= 0.3 is 0 Å². The van der Waals surface area contributed by atoms with E-state index in [1.54, 1.807) is 19.5 Å². The number of guanidine groups is 1. The van der Waals surface area contributed by atoms with Crippen molar-refractivity contribution in [1.29, 1.82) is 0 Å². The maximum Gasteiger partial charge on any atom is 0.225 e. The lowest BCUT2D eigenvalue weighted by molar-refractivity contribution is 0.254. The molecule has 2 aliphatic heterocycles. The summed E-state index contributed by atoms with van der Waals surface area (Å²) in [6.45, 7) is 9.01. The summed E-state index contributed by atoms with van der Waals surface area (Å²) in [6, 6.07) is 6.01. The van der Waals surface area contributed by atoms with Gasteiger partial charge in [-0.15, -0.1) is 24.0 Å². The van der Waals surface area contributed by atoms with Crippen LogP contribution >= 0.6 is 24.0 Å². The molecule has 1 fully saturated rings. The predicted octanol–water partition coefficient (Wildman–Crippen LogP) is 2.71. The van der Waals surface area contributed by atoms with Crippen LogP contribution in [0.15, 0.2) is 35.6 Å². The molecule has 3 heterocycles. The van der Waals surface area contributed by atoms with E-state index in [1.165, 1.54) is 5.56 Å². The summed E-state index contributed by atoms with van der Waals surface area (Å²) in [4.78, 5) is 18.1. The molecular weight excluding hydrogens is 507 g/mol. The zero-order valence-corrected chi connectivity index (χ0v) is 20.7. The normalized spacial score (nSPS) is 18.2. The first-order chi connectivity index (χ1) is 14.7. The first-order valence-electron chi connectivity index (χ1n) is 10.6. The van der Waals surface area contributed by atoms with Crippen LogP contribution < -0.4 is 19.7 Å². The van der Waals surface area contributed by atoms with Gasteiger partial charge in [0.1, 0.15) is 17.6 Å². The van der Waals surface area contributed by atoms with Crippen LogP contribution in [0, 0.1) is 0 Å². The lowest BCUT2D eigenvalue weighted by atomic mass is 10.1. The summed E-state index contributed by atoms with van der Waals surface area (Å²) in [7, 11) is 1.71. The highest BCUT2D eigenvalue weighted by atomic mass is 127. The molecule has 1 aromatic carbocycles. The molecular formula is C22H31IN6O2. The van der Waals surface area contributed by atoms with Crippen LogP contribution in [0.4, 0.5) is 5.95 Å². The third-order valence-electron chi connectivity index (χ3n) is 5.45. The fourth-order valence-corrected chi connectivity index (χ4v) is 3.95. The topological polar surface area (TPSA) is 75.1 Å². The van der Waals surface area contributed by atoms with E-state index in [2.05, 4.69) is 51.1 Å².